The lowest BCUT2D eigenvalue weighted by molar-refractivity contribution is 0.0473. The summed E-state index contributed by atoms with van der Waals surface area (Å²) in [6.45, 7) is 17.4. The molecule has 0 saturated carbocycles. The highest BCUT2D eigenvalue weighted by atomic mass is 28.4. The van der Waals surface area contributed by atoms with E-state index in [1.165, 1.54) is 11.1 Å². The zero-order valence-corrected chi connectivity index (χ0v) is 36.3. The third-order valence-corrected chi connectivity index (χ3v) is 15.9. The summed E-state index contributed by atoms with van der Waals surface area (Å²) < 4.78 is 25.9. The van der Waals surface area contributed by atoms with Crippen molar-refractivity contribution in [3.63, 3.8) is 0 Å². The number of nitrogens with zero attached hydrogens (tertiary/aromatic N) is 1. The van der Waals surface area contributed by atoms with Gasteiger partial charge in [0.15, 0.2) is 8.32 Å². The molecule has 5 aromatic carbocycles. The fourth-order valence-corrected chi connectivity index (χ4v) is 8.38. The molecule has 1 N–H and O–H groups in total. The van der Waals surface area contributed by atoms with E-state index < -0.39 is 8.32 Å². The second kappa shape index (κ2) is 20.2. The predicted octanol–water partition coefficient (Wildman–Crippen LogP) is 11.6. The van der Waals surface area contributed by atoms with Gasteiger partial charge in [-0.2, -0.15) is 0 Å². The Morgan fingerprint density at radius 1 is 0.862 bits per heavy atom. The fraction of sp³-hybridized carbons (Fsp3) is 0.380. The summed E-state index contributed by atoms with van der Waals surface area (Å²) >= 11 is 0. The summed E-state index contributed by atoms with van der Waals surface area (Å²) in [5.41, 5.74) is 6.90. The fourth-order valence-electron chi connectivity index (χ4n) is 7.05. The number of ether oxygens (including phenoxy) is 3. The highest BCUT2D eigenvalue weighted by Gasteiger charge is 2.40. The zero-order valence-electron chi connectivity index (χ0n) is 35.3. The molecule has 0 radical (unpaired) electrons. The van der Waals surface area contributed by atoms with E-state index in [0.29, 0.717) is 12.2 Å². The topological polar surface area (TPSA) is 69.3 Å². The first kappa shape index (κ1) is 42.7. The number of hydrogen-bond donors (Lipinski definition) is 1. The SMILES string of the molecule is CCCCNc1cc(-c2ccc3c(c2)CC[C@H](CN(Cc2ccccc2)C[C@@H](COc2ccccc2)O[Si](C)(C)C(C)(C)C)O3)ccc1C(=O)OCc1ccccc1. The van der Waals surface area contributed by atoms with E-state index in [-0.39, 0.29) is 29.8 Å². The first-order valence-electron chi connectivity index (χ1n) is 21.0. The van der Waals surface area contributed by atoms with Crippen LogP contribution in [0.25, 0.3) is 11.1 Å². The number of anilines is 1. The number of para-hydroxylation sites is 1. The highest BCUT2D eigenvalue weighted by Crippen LogP contribution is 2.38. The number of carbonyl (C=O) groups excluding carboxylic acids is 1. The maximum Gasteiger partial charge on any atom is 0.340 e. The predicted molar refractivity (Wildman–Crippen MR) is 239 cm³/mol. The molecule has 0 aromatic heterocycles. The van der Waals surface area contributed by atoms with Crippen molar-refractivity contribution in [3.8, 4) is 22.6 Å². The summed E-state index contributed by atoms with van der Waals surface area (Å²) in [7, 11) is -2.10. The van der Waals surface area contributed by atoms with Crippen molar-refractivity contribution in [1.82, 2.24) is 4.90 Å². The molecular weight excluding hydrogens is 737 g/mol. The van der Waals surface area contributed by atoms with Gasteiger partial charge < -0.3 is 24.0 Å². The van der Waals surface area contributed by atoms with Crippen LogP contribution in [0.5, 0.6) is 11.5 Å². The smallest absolute Gasteiger partial charge is 0.340 e. The van der Waals surface area contributed by atoms with E-state index in [0.717, 1.165) is 85.7 Å². The Balaban J connectivity index is 1.17. The Labute approximate surface area is 347 Å². The van der Waals surface area contributed by atoms with Crippen LogP contribution in [0.15, 0.2) is 127 Å². The quantitative estimate of drug-likeness (QED) is 0.0507. The first-order chi connectivity index (χ1) is 28.0. The highest BCUT2D eigenvalue weighted by molar-refractivity contribution is 6.74. The van der Waals surface area contributed by atoms with E-state index in [4.69, 9.17) is 18.6 Å². The summed E-state index contributed by atoms with van der Waals surface area (Å²) in [5, 5.41) is 3.58. The third-order valence-electron chi connectivity index (χ3n) is 11.3. The first-order valence-corrected chi connectivity index (χ1v) is 23.9. The number of nitrogens with one attached hydrogen (secondary N) is 1. The van der Waals surface area contributed by atoms with Crippen LogP contribution < -0.4 is 14.8 Å². The maximum atomic E-state index is 13.3. The Kier molecular flexibility index (Phi) is 14.9. The molecule has 0 amide bonds. The molecule has 0 unspecified atom stereocenters. The monoisotopic (exact) mass is 798 g/mol. The Morgan fingerprint density at radius 3 is 2.21 bits per heavy atom. The van der Waals surface area contributed by atoms with Crippen molar-refractivity contribution in [2.75, 3.05) is 31.6 Å². The number of esters is 1. The van der Waals surface area contributed by atoms with Gasteiger partial charge in [0, 0.05) is 31.9 Å². The summed E-state index contributed by atoms with van der Waals surface area (Å²) in [4.78, 5) is 15.8. The van der Waals surface area contributed by atoms with E-state index >= 15 is 0 Å². The molecule has 1 aliphatic rings. The molecule has 0 spiro atoms. The van der Waals surface area contributed by atoms with E-state index in [2.05, 4.69) is 106 Å². The number of rotatable bonds is 19. The summed E-state index contributed by atoms with van der Waals surface area (Å²) in [5.74, 6) is 1.46. The average Bonchev–Trinajstić information content (AvgIpc) is 3.22. The molecular formula is C50H62N2O5Si. The Hall–Kier alpha value is -4.89. The number of unbranched alkanes of at least 4 members (excludes halogenated alkanes) is 1. The van der Waals surface area contributed by atoms with Gasteiger partial charge in [0.25, 0.3) is 0 Å². The lowest BCUT2D eigenvalue weighted by atomic mass is 9.95. The third kappa shape index (κ3) is 12.1. The van der Waals surface area contributed by atoms with Crippen molar-refractivity contribution < 1.29 is 23.4 Å². The number of carbonyl (C=O) groups is 1. The molecule has 6 rings (SSSR count). The van der Waals surface area contributed by atoms with Gasteiger partial charge in [-0.15, -0.1) is 0 Å². The molecule has 8 heteroatoms. The van der Waals surface area contributed by atoms with Crippen LogP contribution in [0, 0.1) is 0 Å². The van der Waals surface area contributed by atoms with Gasteiger partial charge in [-0.25, -0.2) is 4.79 Å². The van der Waals surface area contributed by atoms with Crippen LogP contribution in [-0.4, -0.2) is 57.6 Å². The largest absolute Gasteiger partial charge is 0.491 e. The zero-order chi connectivity index (χ0) is 41.0. The molecule has 0 bridgehead atoms. The molecule has 2 atom stereocenters. The number of fused-ring (bicyclic) bond motifs is 1. The molecule has 0 saturated heterocycles. The van der Waals surface area contributed by atoms with Gasteiger partial charge >= 0.3 is 5.97 Å². The van der Waals surface area contributed by atoms with Crippen molar-refractivity contribution >= 4 is 20.0 Å². The minimum absolute atomic E-state index is 0.0289. The lowest BCUT2D eigenvalue weighted by Gasteiger charge is -2.41. The van der Waals surface area contributed by atoms with Gasteiger partial charge in [-0.05, 0) is 102 Å². The minimum Gasteiger partial charge on any atom is -0.491 e. The molecule has 1 heterocycles. The van der Waals surface area contributed by atoms with Gasteiger partial charge in [0.1, 0.15) is 30.8 Å². The van der Waals surface area contributed by atoms with Crippen LogP contribution in [0.2, 0.25) is 18.1 Å². The Bertz CT molecular complexity index is 2030. The number of benzene rings is 5. The summed E-state index contributed by atoms with van der Waals surface area (Å²) in [6, 6.07) is 43.0. The normalized spacial score (nSPS) is 14.6. The second-order valence-corrected chi connectivity index (χ2v) is 21.8. The lowest BCUT2D eigenvalue weighted by Crippen LogP contribution is -2.50. The van der Waals surface area contributed by atoms with Crippen LogP contribution in [0.4, 0.5) is 5.69 Å². The molecule has 58 heavy (non-hydrogen) atoms. The van der Waals surface area contributed by atoms with Gasteiger partial charge in [0.2, 0.25) is 0 Å². The maximum absolute atomic E-state index is 13.3. The standard InChI is InChI=1S/C50H62N2O5Si/c1-7-8-30-51-47-32-41(25-28-46(47)49(53)55-36-39-20-14-10-15-21-39)40-26-29-48-42(31-40)24-27-44(56-48)34-52(33-38-18-12-9-13-19-38)35-45(57-58(5,6)50(2,3)4)37-54-43-22-16-11-17-23-43/h9-23,25-26,28-29,31-32,44-45,51H,7-8,24,27,30,33-37H2,1-6H3/t44-,45+/m1/s1. The van der Waals surface area contributed by atoms with Gasteiger partial charge in [-0.1, -0.05) is 125 Å². The second-order valence-electron chi connectivity index (χ2n) is 17.0. The van der Waals surface area contributed by atoms with Crippen LogP contribution in [-0.2, 0) is 28.7 Å². The Morgan fingerprint density at radius 2 is 1.52 bits per heavy atom. The molecule has 1 aliphatic heterocycles. The molecule has 0 aliphatic carbocycles. The van der Waals surface area contributed by atoms with Crippen LogP contribution >= 0.6 is 0 Å². The molecule has 0 fully saturated rings. The van der Waals surface area contributed by atoms with Gasteiger partial charge in [-0.3, -0.25) is 4.90 Å². The van der Waals surface area contributed by atoms with Crippen molar-refractivity contribution in [3.05, 3.63) is 150 Å². The number of aryl methyl sites for hydroxylation is 1. The van der Waals surface area contributed by atoms with Crippen molar-refractivity contribution in [2.24, 2.45) is 0 Å². The molecule has 306 valence electrons. The van der Waals surface area contributed by atoms with Crippen LogP contribution in [0.3, 0.4) is 0 Å². The summed E-state index contributed by atoms with van der Waals surface area (Å²) in [6.07, 6.45) is 3.81. The van der Waals surface area contributed by atoms with Crippen molar-refractivity contribution in [1.29, 1.82) is 0 Å². The van der Waals surface area contributed by atoms with E-state index in [9.17, 15) is 4.79 Å². The molecule has 7 nitrogen and oxygen atoms in total. The van der Waals surface area contributed by atoms with E-state index in [1.807, 2.05) is 72.8 Å². The minimum atomic E-state index is -2.10. The van der Waals surface area contributed by atoms with Crippen molar-refractivity contribution in [2.45, 2.75) is 96.9 Å². The van der Waals surface area contributed by atoms with Crippen LogP contribution in [0.1, 0.15) is 74.0 Å². The van der Waals surface area contributed by atoms with E-state index in [1.54, 1.807) is 0 Å². The number of hydrogen-bond acceptors (Lipinski definition) is 7. The average molecular weight is 799 g/mol. The molecule has 5 aromatic rings. The van der Waals surface area contributed by atoms with Gasteiger partial charge in [0.05, 0.1) is 11.7 Å².